The van der Waals surface area contributed by atoms with Gasteiger partial charge < -0.3 is 19.3 Å². The molecular weight excluding hydrogens is 431 g/mol. The first kappa shape index (κ1) is 22.4. The molecule has 0 radical (unpaired) electrons. The van der Waals surface area contributed by atoms with E-state index in [2.05, 4.69) is 4.72 Å². The van der Waals surface area contributed by atoms with Crippen LogP contribution in [0.15, 0.2) is 65.6 Å². The highest BCUT2D eigenvalue weighted by Crippen LogP contribution is 2.39. The van der Waals surface area contributed by atoms with Crippen molar-refractivity contribution in [2.24, 2.45) is 0 Å². The van der Waals surface area contributed by atoms with Crippen molar-refractivity contribution in [2.75, 3.05) is 18.9 Å². The van der Waals surface area contributed by atoms with Crippen molar-refractivity contribution in [3.63, 3.8) is 0 Å². The Kier molecular flexibility index (Phi) is 6.65. The third-order valence-electron chi connectivity index (χ3n) is 4.41. The Hall–Kier alpha value is -3.33. The van der Waals surface area contributed by atoms with Crippen molar-refractivity contribution in [1.82, 2.24) is 0 Å². The number of anilines is 1. The number of hydrogen-bond donors (Lipinski definition) is 2. The van der Waals surface area contributed by atoms with Gasteiger partial charge in [-0.05, 0) is 60.0 Å². The van der Waals surface area contributed by atoms with E-state index < -0.39 is 17.7 Å². The lowest BCUT2D eigenvalue weighted by Crippen LogP contribution is -2.06. The summed E-state index contributed by atoms with van der Waals surface area (Å²) in [5, 5.41) is 9.22. The van der Waals surface area contributed by atoms with Gasteiger partial charge in [0, 0.05) is 5.56 Å². The molecular formula is C22H18F3NO4S. The van der Waals surface area contributed by atoms with Crippen LogP contribution in [-0.4, -0.2) is 25.3 Å². The van der Waals surface area contributed by atoms with Crippen LogP contribution in [0.4, 0.5) is 18.9 Å². The molecule has 0 aliphatic carbocycles. The van der Waals surface area contributed by atoms with Crippen LogP contribution < -0.4 is 14.2 Å². The number of methoxy groups -OCH3 is 2. The smallest absolute Gasteiger partial charge is 0.416 e. The van der Waals surface area contributed by atoms with E-state index in [1.165, 1.54) is 38.5 Å². The summed E-state index contributed by atoms with van der Waals surface area (Å²) in [7, 11) is 2.92. The molecule has 0 saturated heterocycles. The molecule has 0 aromatic heterocycles. The topological polar surface area (TPSA) is 67.8 Å². The summed E-state index contributed by atoms with van der Waals surface area (Å²) in [6, 6.07) is 14.6. The van der Waals surface area contributed by atoms with Crippen LogP contribution in [-0.2, 0) is 6.18 Å². The van der Waals surface area contributed by atoms with E-state index in [0.717, 1.165) is 24.1 Å². The average Bonchev–Trinajstić information content (AvgIpc) is 2.76. The van der Waals surface area contributed by atoms with E-state index in [1.807, 2.05) is 0 Å². The maximum atomic E-state index is 13.3. The zero-order valence-electron chi connectivity index (χ0n) is 16.5. The molecule has 0 amide bonds. The van der Waals surface area contributed by atoms with Crippen molar-refractivity contribution >= 4 is 23.6 Å². The van der Waals surface area contributed by atoms with Gasteiger partial charge in [0.25, 0.3) is 0 Å². The summed E-state index contributed by atoms with van der Waals surface area (Å²) in [4.78, 5) is 11.7. The lowest BCUT2D eigenvalue weighted by atomic mass is 10.0. The fraction of sp³-hybridized carbons (Fsp3) is 0.136. The summed E-state index contributed by atoms with van der Waals surface area (Å²) < 4.78 is 53.3. The Labute approximate surface area is 180 Å². The Morgan fingerprint density at radius 2 is 1.77 bits per heavy atom. The highest BCUT2D eigenvalue weighted by Gasteiger charge is 2.31. The van der Waals surface area contributed by atoms with E-state index in [4.69, 9.17) is 9.47 Å². The first-order chi connectivity index (χ1) is 14.7. The van der Waals surface area contributed by atoms with Gasteiger partial charge in [-0.25, -0.2) is 4.79 Å². The summed E-state index contributed by atoms with van der Waals surface area (Å²) in [5.74, 6) is -0.176. The number of carboxylic acid groups (broad SMARTS) is 1. The van der Waals surface area contributed by atoms with Crippen LogP contribution in [0.5, 0.6) is 11.5 Å². The molecule has 0 heterocycles. The number of nitrogens with one attached hydrogen (secondary N) is 1. The van der Waals surface area contributed by atoms with Gasteiger partial charge in [-0.15, -0.1) is 0 Å². The van der Waals surface area contributed by atoms with Crippen LogP contribution in [0.2, 0.25) is 0 Å². The molecule has 0 unspecified atom stereocenters. The quantitative estimate of drug-likeness (QED) is 0.418. The molecule has 5 nitrogen and oxygen atoms in total. The van der Waals surface area contributed by atoms with Crippen LogP contribution in [0.1, 0.15) is 15.9 Å². The zero-order valence-corrected chi connectivity index (χ0v) is 17.3. The first-order valence-electron chi connectivity index (χ1n) is 8.93. The number of aromatic carboxylic acids is 1. The number of carboxylic acids is 1. The molecule has 9 heteroatoms. The number of hydrogen-bond acceptors (Lipinski definition) is 5. The number of carbonyl (C=O) groups is 1. The van der Waals surface area contributed by atoms with Crippen LogP contribution >= 0.6 is 11.9 Å². The predicted octanol–water partition coefficient (Wildman–Crippen LogP) is 6.21. The van der Waals surface area contributed by atoms with E-state index >= 15 is 0 Å². The largest absolute Gasteiger partial charge is 0.497 e. The SMILES string of the molecule is COc1cccc(-c2ccc(C(F)(F)F)cc2NSc2cc(C(=O)O)ccc2OC)c1. The van der Waals surface area contributed by atoms with Gasteiger partial charge >= 0.3 is 12.1 Å². The highest BCUT2D eigenvalue weighted by molar-refractivity contribution is 8.00. The van der Waals surface area contributed by atoms with Gasteiger partial charge in [0.05, 0.1) is 35.9 Å². The van der Waals surface area contributed by atoms with Gasteiger partial charge in [-0.1, -0.05) is 18.2 Å². The van der Waals surface area contributed by atoms with Crippen LogP contribution in [0.3, 0.4) is 0 Å². The highest BCUT2D eigenvalue weighted by atomic mass is 32.2. The van der Waals surface area contributed by atoms with Gasteiger partial charge in [-0.2, -0.15) is 13.2 Å². The standard InChI is InChI=1S/C22H18F3NO4S/c1-29-16-5-3-4-13(10-16)17-8-7-15(22(23,24)25)12-18(17)26-31-20-11-14(21(27)28)6-9-19(20)30-2/h3-12,26H,1-2H3,(H,27,28). The molecule has 3 aromatic carbocycles. The van der Waals surface area contributed by atoms with Gasteiger partial charge in [0.2, 0.25) is 0 Å². The van der Waals surface area contributed by atoms with E-state index in [0.29, 0.717) is 27.5 Å². The maximum absolute atomic E-state index is 13.3. The second-order valence-electron chi connectivity index (χ2n) is 6.36. The van der Waals surface area contributed by atoms with E-state index in [9.17, 15) is 23.1 Å². The molecule has 0 saturated carbocycles. The second-order valence-corrected chi connectivity index (χ2v) is 7.21. The normalized spacial score (nSPS) is 11.1. The Morgan fingerprint density at radius 1 is 1.00 bits per heavy atom. The fourth-order valence-electron chi connectivity index (χ4n) is 2.85. The van der Waals surface area contributed by atoms with Crippen LogP contribution in [0, 0.1) is 0 Å². The number of ether oxygens (including phenoxy) is 2. The molecule has 0 aliphatic rings. The maximum Gasteiger partial charge on any atom is 0.416 e. The Balaban J connectivity index is 2.02. The molecule has 0 atom stereocenters. The molecule has 0 bridgehead atoms. The van der Waals surface area contributed by atoms with Gasteiger partial charge in [0.15, 0.2) is 0 Å². The average molecular weight is 449 g/mol. The van der Waals surface area contributed by atoms with Crippen molar-refractivity contribution in [2.45, 2.75) is 11.1 Å². The zero-order chi connectivity index (χ0) is 22.6. The summed E-state index contributed by atoms with van der Waals surface area (Å²) in [6.07, 6.45) is -4.52. The molecule has 31 heavy (non-hydrogen) atoms. The molecule has 3 aromatic rings. The lowest BCUT2D eigenvalue weighted by Gasteiger charge is -2.16. The van der Waals surface area contributed by atoms with Crippen LogP contribution in [0.25, 0.3) is 11.1 Å². The monoisotopic (exact) mass is 449 g/mol. The Bertz CT molecular complexity index is 1100. The number of halogens is 3. The molecule has 0 spiro atoms. The third kappa shape index (κ3) is 5.24. The molecule has 3 rings (SSSR count). The minimum absolute atomic E-state index is 0.0298. The second kappa shape index (κ2) is 9.22. The first-order valence-corrected chi connectivity index (χ1v) is 9.74. The van der Waals surface area contributed by atoms with Gasteiger partial charge in [-0.3, -0.25) is 0 Å². The fourth-order valence-corrected chi connectivity index (χ4v) is 3.67. The molecule has 2 N–H and O–H groups in total. The predicted molar refractivity (Wildman–Crippen MR) is 113 cm³/mol. The minimum atomic E-state index is -4.52. The number of rotatable bonds is 7. The third-order valence-corrected chi connectivity index (χ3v) is 5.27. The number of benzene rings is 3. The summed E-state index contributed by atoms with van der Waals surface area (Å²) >= 11 is 0.957. The molecule has 162 valence electrons. The van der Waals surface area contributed by atoms with Crippen molar-refractivity contribution < 1.29 is 32.5 Å². The Morgan fingerprint density at radius 3 is 2.42 bits per heavy atom. The lowest BCUT2D eigenvalue weighted by molar-refractivity contribution is -0.137. The van der Waals surface area contributed by atoms with E-state index in [1.54, 1.807) is 24.3 Å². The summed E-state index contributed by atoms with van der Waals surface area (Å²) in [6.45, 7) is 0. The minimum Gasteiger partial charge on any atom is -0.497 e. The van der Waals surface area contributed by atoms with E-state index in [-0.39, 0.29) is 11.3 Å². The molecule has 0 aliphatic heterocycles. The summed E-state index contributed by atoms with van der Waals surface area (Å²) in [5.41, 5.74) is 0.599. The molecule has 0 fully saturated rings. The van der Waals surface area contributed by atoms with Gasteiger partial charge in [0.1, 0.15) is 11.5 Å². The number of alkyl halides is 3. The van der Waals surface area contributed by atoms with Crippen molar-refractivity contribution in [1.29, 1.82) is 0 Å². The van der Waals surface area contributed by atoms with Crippen molar-refractivity contribution in [3.05, 3.63) is 71.8 Å². The van der Waals surface area contributed by atoms with Crippen molar-refractivity contribution in [3.8, 4) is 22.6 Å².